The lowest BCUT2D eigenvalue weighted by atomic mass is 9.82. The second-order valence-electron chi connectivity index (χ2n) is 4.89. The molecule has 0 radical (unpaired) electrons. The quantitative estimate of drug-likeness (QED) is 0.461. The number of benzene rings is 2. The molecule has 2 rings (SSSR count). The molecule has 114 valence electrons. The number of carbonyl (C=O) groups excluding carboxylic acids is 1. The summed E-state index contributed by atoms with van der Waals surface area (Å²) in [5, 5.41) is 11.5. The van der Waals surface area contributed by atoms with Crippen molar-refractivity contribution in [3.05, 3.63) is 80.6 Å². The molecule has 0 heterocycles. The van der Waals surface area contributed by atoms with Crippen LogP contribution in [0, 0.1) is 15.9 Å². The second kappa shape index (κ2) is 7.13. The topological polar surface area (TPSA) is 60.2 Å². The van der Waals surface area contributed by atoms with E-state index in [9.17, 15) is 19.3 Å². The van der Waals surface area contributed by atoms with E-state index in [-0.39, 0.29) is 0 Å². The highest BCUT2D eigenvalue weighted by molar-refractivity contribution is 6.30. The van der Waals surface area contributed by atoms with Crippen molar-refractivity contribution in [3.8, 4) is 0 Å². The summed E-state index contributed by atoms with van der Waals surface area (Å²) in [6.45, 7) is -0.419. The Morgan fingerprint density at radius 2 is 1.64 bits per heavy atom. The number of nitro groups is 1. The van der Waals surface area contributed by atoms with Gasteiger partial charge in [-0.2, -0.15) is 0 Å². The minimum absolute atomic E-state index is 0.419. The number of hydrogen-bond donors (Lipinski definition) is 0. The summed E-state index contributed by atoms with van der Waals surface area (Å²) < 4.78 is 13.0. The molecular formula is C16H13ClFNO3. The molecule has 0 aliphatic carbocycles. The molecule has 22 heavy (non-hydrogen) atoms. The summed E-state index contributed by atoms with van der Waals surface area (Å²) in [6, 6.07) is 12.0. The molecule has 0 aliphatic rings. The fourth-order valence-electron chi connectivity index (χ4n) is 2.39. The average Bonchev–Trinajstić information content (AvgIpc) is 2.49. The van der Waals surface area contributed by atoms with Crippen molar-refractivity contribution in [1.82, 2.24) is 0 Å². The van der Waals surface area contributed by atoms with Gasteiger partial charge in [-0.3, -0.25) is 10.1 Å². The van der Waals surface area contributed by atoms with Crippen molar-refractivity contribution in [1.29, 1.82) is 0 Å². The van der Waals surface area contributed by atoms with E-state index >= 15 is 0 Å². The van der Waals surface area contributed by atoms with E-state index in [1.165, 1.54) is 24.3 Å². The lowest BCUT2D eigenvalue weighted by molar-refractivity contribution is -0.483. The van der Waals surface area contributed by atoms with Crippen LogP contribution in [0.25, 0.3) is 0 Å². The van der Waals surface area contributed by atoms with Crippen LogP contribution in [0.15, 0.2) is 48.5 Å². The van der Waals surface area contributed by atoms with Gasteiger partial charge in [0.1, 0.15) is 12.1 Å². The van der Waals surface area contributed by atoms with Crippen molar-refractivity contribution in [3.63, 3.8) is 0 Å². The minimum atomic E-state index is -0.701. The summed E-state index contributed by atoms with van der Waals surface area (Å²) in [7, 11) is 0. The van der Waals surface area contributed by atoms with Gasteiger partial charge in [0.2, 0.25) is 6.54 Å². The predicted octanol–water partition coefficient (Wildman–Crippen LogP) is 3.82. The first-order valence-corrected chi connectivity index (χ1v) is 6.97. The van der Waals surface area contributed by atoms with Crippen molar-refractivity contribution < 1.29 is 14.1 Å². The maximum atomic E-state index is 13.0. The average molecular weight is 322 g/mol. The molecule has 2 unspecified atom stereocenters. The smallest absolute Gasteiger partial charge is 0.211 e. The van der Waals surface area contributed by atoms with E-state index in [0.29, 0.717) is 22.4 Å². The third kappa shape index (κ3) is 3.89. The Kier molecular flexibility index (Phi) is 5.22. The van der Waals surface area contributed by atoms with Crippen molar-refractivity contribution in [2.75, 3.05) is 6.54 Å². The van der Waals surface area contributed by atoms with Crippen LogP contribution in [-0.2, 0) is 4.79 Å². The third-order valence-corrected chi connectivity index (χ3v) is 3.73. The van der Waals surface area contributed by atoms with Gasteiger partial charge < -0.3 is 4.79 Å². The molecule has 0 aromatic heterocycles. The van der Waals surface area contributed by atoms with Gasteiger partial charge in [0.25, 0.3) is 0 Å². The zero-order valence-corrected chi connectivity index (χ0v) is 12.2. The van der Waals surface area contributed by atoms with Gasteiger partial charge in [0.05, 0.1) is 11.8 Å². The van der Waals surface area contributed by atoms with Crippen LogP contribution in [0.5, 0.6) is 0 Å². The van der Waals surface area contributed by atoms with E-state index in [4.69, 9.17) is 11.6 Å². The van der Waals surface area contributed by atoms with E-state index in [1.54, 1.807) is 24.3 Å². The largest absolute Gasteiger partial charge is 0.303 e. The molecule has 0 spiro atoms. The van der Waals surface area contributed by atoms with Gasteiger partial charge in [-0.05, 0) is 35.4 Å². The molecule has 2 aromatic rings. The van der Waals surface area contributed by atoms with E-state index < -0.39 is 29.1 Å². The van der Waals surface area contributed by atoms with Gasteiger partial charge >= 0.3 is 0 Å². The SMILES string of the molecule is O=CC(c1ccc(Cl)cc1)C(C[N+](=O)[O-])c1ccc(F)cc1. The van der Waals surface area contributed by atoms with E-state index in [1.807, 2.05) is 0 Å². The van der Waals surface area contributed by atoms with Gasteiger partial charge in [0, 0.05) is 9.95 Å². The van der Waals surface area contributed by atoms with Crippen LogP contribution < -0.4 is 0 Å². The van der Waals surface area contributed by atoms with Gasteiger partial charge in [-0.25, -0.2) is 4.39 Å². The summed E-state index contributed by atoms with van der Waals surface area (Å²) in [6.07, 6.45) is 0.681. The van der Waals surface area contributed by atoms with E-state index in [2.05, 4.69) is 0 Å². The standard InChI is InChI=1S/C16H13ClFNO3/c17-13-5-1-12(2-6-13)16(10-20)15(9-19(21)22)11-3-7-14(18)8-4-11/h1-8,10,15-16H,9H2. The zero-order chi connectivity index (χ0) is 16.1. The number of hydrogen-bond acceptors (Lipinski definition) is 3. The molecule has 0 amide bonds. The molecule has 0 saturated carbocycles. The summed E-state index contributed by atoms with van der Waals surface area (Å²) in [5.74, 6) is -1.81. The summed E-state index contributed by atoms with van der Waals surface area (Å²) in [5.41, 5.74) is 1.18. The van der Waals surface area contributed by atoms with Crippen molar-refractivity contribution in [2.24, 2.45) is 0 Å². The molecule has 0 fully saturated rings. The molecule has 6 heteroatoms. The highest BCUT2D eigenvalue weighted by Gasteiger charge is 2.29. The number of nitrogens with zero attached hydrogens (tertiary/aromatic N) is 1. The number of halogens is 2. The van der Waals surface area contributed by atoms with Crippen LogP contribution >= 0.6 is 11.6 Å². The first-order chi connectivity index (χ1) is 10.5. The first kappa shape index (κ1) is 16.1. The summed E-state index contributed by atoms with van der Waals surface area (Å²) in [4.78, 5) is 22.0. The Balaban J connectivity index is 2.41. The number of aldehydes is 1. The van der Waals surface area contributed by atoms with Crippen molar-refractivity contribution >= 4 is 17.9 Å². The van der Waals surface area contributed by atoms with E-state index in [0.717, 1.165) is 0 Å². The Labute approximate surface area is 131 Å². The molecule has 4 nitrogen and oxygen atoms in total. The Bertz CT molecular complexity index is 658. The van der Waals surface area contributed by atoms with Crippen LogP contribution in [0.2, 0.25) is 5.02 Å². The lowest BCUT2D eigenvalue weighted by Crippen LogP contribution is -2.21. The van der Waals surface area contributed by atoms with Crippen LogP contribution in [-0.4, -0.2) is 17.8 Å². The summed E-state index contributed by atoms with van der Waals surface area (Å²) >= 11 is 5.82. The van der Waals surface area contributed by atoms with Crippen LogP contribution in [0.3, 0.4) is 0 Å². The molecule has 0 N–H and O–H groups in total. The molecule has 2 aromatic carbocycles. The maximum absolute atomic E-state index is 13.0. The van der Waals surface area contributed by atoms with Gasteiger partial charge in [-0.15, -0.1) is 0 Å². The Hall–Kier alpha value is -2.27. The molecule has 2 atom stereocenters. The zero-order valence-electron chi connectivity index (χ0n) is 11.5. The fraction of sp³-hybridized carbons (Fsp3) is 0.188. The van der Waals surface area contributed by atoms with Gasteiger partial charge in [0.15, 0.2) is 0 Å². The second-order valence-corrected chi connectivity index (χ2v) is 5.32. The predicted molar refractivity (Wildman–Crippen MR) is 81.3 cm³/mol. The lowest BCUT2D eigenvalue weighted by Gasteiger charge is -2.20. The molecule has 0 aliphatic heterocycles. The first-order valence-electron chi connectivity index (χ1n) is 6.59. The highest BCUT2D eigenvalue weighted by Crippen LogP contribution is 2.32. The van der Waals surface area contributed by atoms with Crippen LogP contribution in [0.4, 0.5) is 4.39 Å². The third-order valence-electron chi connectivity index (χ3n) is 3.48. The number of rotatable bonds is 6. The Morgan fingerprint density at radius 3 is 2.14 bits per heavy atom. The Morgan fingerprint density at radius 1 is 1.09 bits per heavy atom. The molecular weight excluding hydrogens is 309 g/mol. The monoisotopic (exact) mass is 321 g/mol. The molecule has 0 saturated heterocycles. The highest BCUT2D eigenvalue weighted by atomic mass is 35.5. The normalized spacial score (nSPS) is 13.4. The van der Waals surface area contributed by atoms with Crippen LogP contribution in [0.1, 0.15) is 23.0 Å². The molecule has 0 bridgehead atoms. The minimum Gasteiger partial charge on any atom is -0.303 e. The van der Waals surface area contributed by atoms with Crippen molar-refractivity contribution in [2.45, 2.75) is 11.8 Å². The fourth-order valence-corrected chi connectivity index (χ4v) is 2.51. The van der Waals surface area contributed by atoms with Gasteiger partial charge in [-0.1, -0.05) is 35.9 Å². The maximum Gasteiger partial charge on any atom is 0.211 e. The number of carbonyl (C=O) groups is 1.